The average molecular weight is 365 g/mol. The maximum absolute atomic E-state index is 12.4. The van der Waals surface area contributed by atoms with Gasteiger partial charge >= 0.3 is 0 Å². The molecule has 0 N–H and O–H groups in total. The summed E-state index contributed by atoms with van der Waals surface area (Å²) in [6.45, 7) is 11.1. The summed E-state index contributed by atoms with van der Waals surface area (Å²) in [7, 11) is 0. The summed E-state index contributed by atoms with van der Waals surface area (Å²) in [5.41, 5.74) is 0. The zero-order valence-corrected chi connectivity index (χ0v) is 16.0. The molecule has 0 aliphatic carbocycles. The maximum Gasteiger partial charge on any atom is 0.243 e. The molecule has 8 nitrogen and oxygen atoms in total. The molecule has 3 rings (SSSR count). The van der Waals surface area contributed by atoms with E-state index in [-0.39, 0.29) is 11.9 Å². The fourth-order valence-electron chi connectivity index (χ4n) is 3.44. The summed E-state index contributed by atoms with van der Waals surface area (Å²) in [4.78, 5) is 23.4. The Balaban J connectivity index is 1.44. The van der Waals surface area contributed by atoms with Gasteiger partial charge in [-0.2, -0.15) is 4.98 Å². The number of piperazine rings is 1. The van der Waals surface area contributed by atoms with Crippen LogP contribution in [0.1, 0.15) is 44.4 Å². The topological polar surface area (TPSA) is 74.9 Å². The molecule has 26 heavy (non-hydrogen) atoms. The number of hydrogen-bond acceptors (Lipinski definition) is 7. The lowest BCUT2D eigenvalue weighted by atomic mass is 10.2. The van der Waals surface area contributed by atoms with Crippen molar-refractivity contribution in [3.63, 3.8) is 0 Å². The van der Waals surface area contributed by atoms with Crippen molar-refractivity contribution in [1.82, 2.24) is 24.8 Å². The highest BCUT2D eigenvalue weighted by molar-refractivity contribution is 5.78. The molecule has 2 aliphatic heterocycles. The first-order chi connectivity index (χ1) is 12.7. The van der Waals surface area contributed by atoms with E-state index in [1.807, 2.05) is 4.90 Å². The summed E-state index contributed by atoms with van der Waals surface area (Å²) in [5, 5.41) is 4.09. The summed E-state index contributed by atoms with van der Waals surface area (Å²) >= 11 is 0. The molecule has 1 aromatic rings. The molecule has 8 heteroatoms. The van der Waals surface area contributed by atoms with Gasteiger partial charge < -0.3 is 14.2 Å². The number of morpholine rings is 1. The van der Waals surface area contributed by atoms with Gasteiger partial charge in [0.05, 0.1) is 25.8 Å². The Morgan fingerprint density at radius 1 is 1.15 bits per heavy atom. The second kappa shape index (κ2) is 9.43. The van der Waals surface area contributed by atoms with Crippen LogP contribution in [0, 0.1) is 0 Å². The molecule has 3 heterocycles. The molecule has 0 radical (unpaired) electrons. The summed E-state index contributed by atoms with van der Waals surface area (Å²) in [5.74, 6) is 1.73. The first-order valence-electron chi connectivity index (χ1n) is 9.81. The van der Waals surface area contributed by atoms with Crippen LogP contribution in [0.2, 0.25) is 0 Å². The van der Waals surface area contributed by atoms with Crippen LogP contribution in [-0.4, -0.2) is 89.8 Å². The number of aryl methyl sites for hydroxylation is 1. The lowest BCUT2D eigenvalue weighted by Crippen LogP contribution is -2.51. The minimum atomic E-state index is 0.120. The first kappa shape index (κ1) is 19.3. The lowest BCUT2D eigenvalue weighted by Gasteiger charge is -2.37. The number of carbonyl (C=O) groups is 1. The quantitative estimate of drug-likeness (QED) is 0.712. The van der Waals surface area contributed by atoms with E-state index in [1.165, 1.54) is 0 Å². The van der Waals surface area contributed by atoms with E-state index in [1.54, 1.807) is 0 Å². The normalized spacial score (nSPS) is 21.1. The van der Waals surface area contributed by atoms with Gasteiger partial charge in [-0.3, -0.25) is 14.6 Å². The van der Waals surface area contributed by atoms with Crippen LogP contribution in [0.4, 0.5) is 0 Å². The molecule has 2 saturated heterocycles. The molecule has 1 unspecified atom stereocenters. The highest BCUT2D eigenvalue weighted by Gasteiger charge is 2.27. The fraction of sp³-hybridized carbons (Fsp3) is 0.833. The van der Waals surface area contributed by atoms with Crippen molar-refractivity contribution in [3.8, 4) is 0 Å². The van der Waals surface area contributed by atoms with E-state index in [2.05, 4.69) is 33.8 Å². The van der Waals surface area contributed by atoms with Gasteiger partial charge in [0.25, 0.3) is 0 Å². The Labute approximate surface area is 155 Å². The predicted octanol–water partition coefficient (Wildman–Crippen LogP) is 0.950. The number of aromatic nitrogens is 2. The van der Waals surface area contributed by atoms with Crippen LogP contribution >= 0.6 is 0 Å². The van der Waals surface area contributed by atoms with Crippen molar-refractivity contribution in [2.45, 2.75) is 39.2 Å². The van der Waals surface area contributed by atoms with Crippen LogP contribution < -0.4 is 0 Å². The van der Waals surface area contributed by atoms with Crippen molar-refractivity contribution in [2.24, 2.45) is 0 Å². The molecular formula is C18H31N5O3. The highest BCUT2D eigenvalue weighted by Crippen LogP contribution is 2.20. The molecule has 1 amide bonds. The molecule has 1 aromatic heterocycles. The third-order valence-electron chi connectivity index (χ3n) is 5.27. The maximum atomic E-state index is 12.4. The van der Waals surface area contributed by atoms with Crippen molar-refractivity contribution in [1.29, 1.82) is 0 Å². The molecule has 0 bridgehead atoms. The van der Waals surface area contributed by atoms with E-state index < -0.39 is 0 Å². The Hall–Kier alpha value is -1.51. The zero-order chi connectivity index (χ0) is 18.4. The van der Waals surface area contributed by atoms with Gasteiger partial charge in [-0.25, -0.2) is 0 Å². The monoisotopic (exact) mass is 365 g/mol. The van der Waals surface area contributed by atoms with E-state index >= 15 is 0 Å². The third kappa shape index (κ3) is 5.02. The van der Waals surface area contributed by atoms with E-state index in [0.29, 0.717) is 38.7 Å². The van der Waals surface area contributed by atoms with Crippen LogP contribution in [0.25, 0.3) is 0 Å². The number of hydrogen-bond donors (Lipinski definition) is 0. The SMILES string of the molecule is CCCCc1noc(C(C)N2CCN(CC(=O)N3CCOCC3)CC2)n1. The van der Waals surface area contributed by atoms with E-state index in [0.717, 1.165) is 51.3 Å². The fourth-order valence-corrected chi connectivity index (χ4v) is 3.44. The van der Waals surface area contributed by atoms with Gasteiger partial charge in [-0.05, 0) is 13.3 Å². The molecule has 2 aliphatic rings. The Morgan fingerprint density at radius 3 is 2.58 bits per heavy atom. The number of rotatable bonds is 7. The van der Waals surface area contributed by atoms with Crippen molar-refractivity contribution < 1.29 is 14.1 Å². The van der Waals surface area contributed by atoms with Crippen LogP contribution in [0.15, 0.2) is 4.52 Å². The molecule has 0 aromatic carbocycles. The smallest absolute Gasteiger partial charge is 0.243 e. The van der Waals surface area contributed by atoms with Crippen molar-refractivity contribution in [2.75, 3.05) is 59.0 Å². The van der Waals surface area contributed by atoms with E-state index in [9.17, 15) is 4.79 Å². The van der Waals surface area contributed by atoms with Gasteiger partial charge in [0.1, 0.15) is 0 Å². The van der Waals surface area contributed by atoms with Gasteiger partial charge in [0.15, 0.2) is 5.82 Å². The predicted molar refractivity (Wildman–Crippen MR) is 96.7 cm³/mol. The minimum absolute atomic E-state index is 0.120. The summed E-state index contributed by atoms with van der Waals surface area (Å²) < 4.78 is 10.8. The first-order valence-corrected chi connectivity index (χ1v) is 9.81. The van der Waals surface area contributed by atoms with Crippen LogP contribution in [0.5, 0.6) is 0 Å². The summed E-state index contributed by atoms with van der Waals surface area (Å²) in [6, 6.07) is 0.120. The number of amides is 1. The summed E-state index contributed by atoms with van der Waals surface area (Å²) in [6.07, 6.45) is 3.10. The lowest BCUT2D eigenvalue weighted by molar-refractivity contribution is -0.137. The molecule has 0 spiro atoms. The number of unbranched alkanes of at least 4 members (excludes halogenated alkanes) is 1. The van der Waals surface area contributed by atoms with Gasteiger partial charge in [-0.15, -0.1) is 0 Å². The third-order valence-corrected chi connectivity index (χ3v) is 5.27. The second-order valence-electron chi connectivity index (χ2n) is 7.13. The standard InChI is InChI=1S/C18H31N5O3/c1-3-4-5-16-19-18(26-20-16)15(2)22-8-6-21(7-9-22)14-17(24)23-10-12-25-13-11-23/h15H,3-14H2,1-2H3. The van der Waals surface area contributed by atoms with Crippen LogP contribution in [-0.2, 0) is 16.0 Å². The number of ether oxygens (including phenoxy) is 1. The molecule has 146 valence electrons. The Kier molecular flexibility index (Phi) is 6.99. The highest BCUT2D eigenvalue weighted by atomic mass is 16.5. The Morgan fingerprint density at radius 2 is 1.88 bits per heavy atom. The van der Waals surface area contributed by atoms with Gasteiger partial charge in [-0.1, -0.05) is 18.5 Å². The van der Waals surface area contributed by atoms with Crippen molar-refractivity contribution >= 4 is 5.91 Å². The Bertz CT molecular complexity index is 565. The van der Waals surface area contributed by atoms with E-state index in [4.69, 9.17) is 9.26 Å². The molecule has 2 fully saturated rings. The number of carbonyl (C=O) groups excluding carboxylic acids is 1. The van der Waals surface area contributed by atoms with Gasteiger partial charge in [0, 0.05) is 45.7 Å². The second-order valence-corrected chi connectivity index (χ2v) is 7.13. The molecule has 1 atom stereocenters. The largest absolute Gasteiger partial charge is 0.378 e. The minimum Gasteiger partial charge on any atom is -0.378 e. The average Bonchev–Trinajstić information content (AvgIpc) is 3.16. The van der Waals surface area contributed by atoms with Gasteiger partial charge in [0.2, 0.25) is 11.8 Å². The van der Waals surface area contributed by atoms with Crippen LogP contribution in [0.3, 0.4) is 0 Å². The van der Waals surface area contributed by atoms with Crippen molar-refractivity contribution in [3.05, 3.63) is 11.7 Å². The molecular weight excluding hydrogens is 334 g/mol. The zero-order valence-electron chi connectivity index (χ0n) is 16.0. The molecule has 0 saturated carbocycles. The number of nitrogens with zero attached hydrogens (tertiary/aromatic N) is 5.